The van der Waals surface area contributed by atoms with Crippen LogP contribution in [-0.2, 0) is 10.0 Å². The van der Waals surface area contributed by atoms with Crippen molar-refractivity contribution < 1.29 is 13.5 Å². The molecule has 0 aromatic carbocycles. The zero-order valence-corrected chi connectivity index (χ0v) is 11.2. The number of aliphatic hydroxyl groups is 1. The van der Waals surface area contributed by atoms with Crippen LogP contribution in [-0.4, -0.2) is 35.9 Å². The third kappa shape index (κ3) is 3.09. The van der Waals surface area contributed by atoms with Gasteiger partial charge in [0.15, 0.2) is 5.03 Å². The van der Waals surface area contributed by atoms with E-state index in [4.69, 9.17) is 0 Å². The number of aromatic nitrogens is 2. The molecule has 0 aliphatic heterocycles. The summed E-state index contributed by atoms with van der Waals surface area (Å²) in [5.41, 5.74) is -0.917. The molecule has 1 aliphatic carbocycles. The van der Waals surface area contributed by atoms with Crippen LogP contribution in [0, 0.1) is 5.92 Å². The van der Waals surface area contributed by atoms with Crippen molar-refractivity contribution in [3.8, 4) is 0 Å². The molecule has 7 heteroatoms. The topological polar surface area (TPSA) is 95.1 Å². The quantitative estimate of drug-likeness (QED) is 0.750. The van der Waals surface area contributed by atoms with E-state index in [0.29, 0.717) is 18.8 Å². The standard InChI is InChI=1S/C11H19N3O3S/c1-9-2-5-11(15,6-3-9)8-13-18(16,17)10-4-7-12-14-10/h4,7,9,13,15H,2-3,5-6,8H2,1H3,(H,12,14). The number of nitrogens with one attached hydrogen (secondary N) is 2. The van der Waals surface area contributed by atoms with Crippen LogP contribution in [0.25, 0.3) is 0 Å². The van der Waals surface area contributed by atoms with Gasteiger partial charge in [-0.1, -0.05) is 6.92 Å². The minimum absolute atomic E-state index is 0.0234. The zero-order valence-electron chi connectivity index (χ0n) is 10.4. The molecule has 1 heterocycles. The third-order valence-corrected chi connectivity index (χ3v) is 4.89. The van der Waals surface area contributed by atoms with Gasteiger partial charge in [0.25, 0.3) is 10.0 Å². The Hall–Kier alpha value is -0.920. The number of H-pyrrole nitrogens is 1. The maximum Gasteiger partial charge on any atom is 0.257 e. The van der Waals surface area contributed by atoms with Gasteiger partial charge in [-0.2, -0.15) is 5.10 Å². The van der Waals surface area contributed by atoms with E-state index < -0.39 is 15.6 Å². The van der Waals surface area contributed by atoms with E-state index in [1.165, 1.54) is 12.3 Å². The lowest BCUT2D eigenvalue weighted by Crippen LogP contribution is -2.45. The zero-order chi connectivity index (χ0) is 13.2. The summed E-state index contributed by atoms with van der Waals surface area (Å²) in [5, 5.41) is 16.3. The molecule has 0 atom stereocenters. The number of hydrogen-bond donors (Lipinski definition) is 3. The van der Waals surface area contributed by atoms with Gasteiger partial charge in [0.2, 0.25) is 0 Å². The van der Waals surface area contributed by atoms with Gasteiger partial charge in [0.1, 0.15) is 0 Å². The highest BCUT2D eigenvalue weighted by atomic mass is 32.2. The highest BCUT2D eigenvalue weighted by Crippen LogP contribution is 2.31. The molecule has 1 fully saturated rings. The SMILES string of the molecule is CC1CCC(O)(CNS(=O)(=O)c2ccn[nH]2)CC1. The third-order valence-electron chi connectivity index (χ3n) is 3.56. The first-order chi connectivity index (χ1) is 8.41. The molecule has 0 radical (unpaired) electrons. The summed E-state index contributed by atoms with van der Waals surface area (Å²) in [6, 6.07) is 1.38. The molecular formula is C11H19N3O3S. The fraction of sp³-hybridized carbons (Fsp3) is 0.727. The first-order valence-corrected chi connectivity index (χ1v) is 7.61. The van der Waals surface area contributed by atoms with Crippen molar-refractivity contribution in [2.24, 2.45) is 5.92 Å². The monoisotopic (exact) mass is 273 g/mol. The second kappa shape index (κ2) is 4.99. The molecule has 0 saturated heterocycles. The first kappa shape index (κ1) is 13.5. The molecule has 6 nitrogen and oxygen atoms in total. The van der Waals surface area contributed by atoms with Crippen molar-refractivity contribution in [3.05, 3.63) is 12.3 Å². The van der Waals surface area contributed by atoms with Gasteiger partial charge in [0, 0.05) is 6.54 Å². The van der Waals surface area contributed by atoms with Crippen LogP contribution in [0.5, 0.6) is 0 Å². The summed E-state index contributed by atoms with van der Waals surface area (Å²) in [7, 11) is -3.60. The largest absolute Gasteiger partial charge is 0.389 e. The van der Waals surface area contributed by atoms with Gasteiger partial charge in [0.05, 0.1) is 11.8 Å². The van der Waals surface area contributed by atoms with E-state index in [1.807, 2.05) is 0 Å². The fourth-order valence-corrected chi connectivity index (χ4v) is 3.20. The number of sulfonamides is 1. The predicted octanol–water partition coefficient (Wildman–Crippen LogP) is 0.629. The van der Waals surface area contributed by atoms with Gasteiger partial charge < -0.3 is 5.11 Å². The van der Waals surface area contributed by atoms with Crippen LogP contribution in [0.3, 0.4) is 0 Å². The van der Waals surface area contributed by atoms with Gasteiger partial charge in [-0.15, -0.1) is 0 Å². The summed E-state index contributed by atoms with van der Waals surface area (Å²) >= 11 is 0. The first-order valence-electron chi connectivity index (χ1n) is 6.13. The Morgan fingerprint density at radius 3 is 2.78 bits per heavy atom. The van der Waals surface area contributed by atoms with Gasteiger partial charge in [-0.3, -0.25) is 5.10 Å². The molecule has 18 heavy (non-hydrogen) atoms. The molecule has 1 aliphatic rings. The maximum atomic E-state index is 11.8. The number of hydrogen-bond acceptors (Lipinski definition) is 4. The van der Waals surface area contributed by atoms with E-state index in [9.17, 15) is 13.5 Å². The van der Waals surface area contributed by atoms with Crippen molar-refractivity contribution in [2.75, 3.05) is 6.54 Å². The second-order valence-corrected chi connectivity index (χ2v) is 6.89. The van der Waals surface area contributed by atoms with Crippen molar-refractivity contribution in [1.82, 2.24) is 14.9 Å². The lowest BCUT2D eigenvalue weighted by molar-refractivity contribution is -0.00183. The average molecular weight is 273 g/mol. The molecule has 0 spiro atoms. The summed E-state index contributed by atoms with van der Waals surface area (Å²) in [5.74, 6) is 0.606. The molecule has 0 unspecified atom stereocenters. The number of rotatable bonds is 4. The minimum atomic E-state index is -3.60. The smallest absolute Gasteiger partial charge is 0.257 e. The van der Waals surface area contributed by atoms with E-state index in [2.05, 4.69) is 21.8 Å². The molecule has 2 rings (SSSR count). The van der Waals surface area contributed by atoms with Gasteiger partial charge in [-0.05, 0) is 37.7 Å². The second-order valence-electron chi connectivity index (χ2n) is 5.15. The van der Waals surface area contributed by atoms with Crippen LogP contribution in [0.2, 0.25) is 0 Å². The van der Waals surface area contributed by atoms with Crippen LogP contribution in [0.15, 0.2) is 17.3 Å². The Labute approximate surface area is 107 Å². The van der Waals surface area contributed by atoms with Crippen molar-refractivity contribution >= 4 is 10.0 Å². The highest BCUT2D eigenvalue weighted by molar-refractivity contribution is 7.89. The van der Waals surface area contributed by atoms with E-state index in [-0.39, 0.29) is 11.6 Å². The van der Waals surface area contributed by atoms with Crippen molar-refractivity contribution in [1.29, 1.82) is 0 Å². The molecule has 3 N–H and O–H groups in total. The molecule has 1 aromatic rings. The summed E-state index contributed by atoms with van der Waals surface area (Å²) < 4.78 is 26.1. The summed E-state index contributed by atoms with van der Waals surface area (Å²) in [6.07, 6.45) is 4.52. The van der Waals surface area contributed by atoms with Crippen molar-refractivity contribution in [2.45, 2.75) is 43.2 Å². The summed E-state index contributed by atoms with van der Waals surface area (Å²) in [6.45, 7) is 2.20. The Bertz CT molecular complexity index is 476. The predicted molar refractivity (Wildman–Crippen MR) is 66.4 cm³/mol. The van der Waals surface area contributed by atoms with Gasteiger partial charge in [-0.25, -0.2) is 13.1 Å². The molecule has 1 aromatic heterocycles. The van der Waals surface area contributed by atoms with Crippen LogP contribution in [0.4, 0.5) is 0 Å². The maximum absolute atomic E-state index is 11.8. The summed E-state index contributed by atoms with van der Waals surface area (Å²) in [4.78, 5) is 0. The van der Waals surface area contributed by atoms with E-state index in [1.54, 1.807) is 0 Å². The van der Waals surface area contributed by atoms with E-state index in [0.717, 1.165) is 12.8 Å². The fourth-order valence-electron chi connectivity index (χ4n) is 2.18. The average Bonchev–Trinajstić information content (AvgIpc) is 2.86. The molecule has 0 bridgehead atoms. The van der Waals surface area contributed by atoms with E-state index >= 15 is 0 Å². The normalized spacial score (nSPS) is 29.3. The lowest BCUT2D eigenvalue weighted by Gasteiger charge is -2.34. The van der Waals surface area contributed by atoms with Gasteiger partial charge >= 0.3 is 0 Å². The molecule has 0 amide bonds. The lowest BCUT2D eigenvalue weighted by atomic mass is 9.80. The highest BCUT2D eigenvalue weighted by Gasteiger charge is 2.33. The molecular weight excluding hydrogens is 254 g/mol. The Balaban J connectivity index is 1.96. The number of aromatic amines is 1. The van der Waals surface area contributed by atoms with Crippen LogP contribution in [0.1, 0.15) is 32.6 Å². The molecule has 102 valence electrons. The van der Waals surface area contributed by atoms with Crippen LogP contribution >= 0.6 is 0 Å². The van der Waals surface area contributed by atoms with Crippen molar-refractivity contribution in [3.63, 3.8) is 0 Å². The molecule has 1 saturated carbocycles. The Morgan fingerprint density at radius 1 is 1.56 bits per heavy atom. The Morgan fingerprint density at radius 2 is 2.22 bits per heavy atom. The van der Waals surface area contributed by atoms with Crippen LogP contribution < -0.4 is 4.72 Å². The Kier molecular flexibility index (Phi) is 3.74. The minimum Gasteiger partial charge on any atom is -0.389 e. The number of nitrogens with zero attached hydrogens (tertiary/aromatic N) is 1.